The van der Waals surface area contributed by atoms with Crippen LogP contribution >= 0.6 is 0 Å². The molecule has 2 amide bonds. The lowest BCUT2D eigenvalue weighted by molar-refractivity contribution is -0.117. The van der Waals surface area contributed by atoms with Crippen LogP contribution in [-0.2, 0) is 19.6 Å². The van der Waals surface area contributed by atoms with E-state index in [1.54, 1.807) is 43.0 Å². The first-order chi connectivity index (χ1) is 16.0. The molecule has 1 unspecified atom stereocenters. The zero-order chi connectivity index (χ0) is 24.8. The van der Waals surface area contributed by atoms with Gasteiger partial charge in [0, 0.05) is 20.0 Å². The highest BCUT2D eigenvalue weighted by Crippen LogP contribution is 2.40. The van der Waals surface area contributed by atoms with Gasteiger partial charge < -0.3 is 9.64 Å². The summed E-state index contributed by atoms with van der Waals surface area (Å²) in [7, 11) is -3.50. The molecule has 2 aromatic carbocycles. The van der Waals surface area contributed by atoms with Gasteiger partial charge in [-0.3, -0.25) is 14.0 Å². The highest BCUT2D eigenvalue weighted by atomic mass is 32.2. The van der Waals surface area contributed by atoms with Gasteiger partial charge in [0.1, 0.15) is 5.82 Å². The Bertz CT molecular complexity index is 1250. The molecule has 0 aliphatic carbocycles. The van der Waals surface area contributed by atoms with Crippen LogP contribution in [0, 0.1) is 5.82 Å². The van der Waals surface area contributed by atoms with Crippen LogP contribution in [0.3, 0.4) is 0 Å². The molecule has 1 saturated heterocycles. The molecule has 2 aromatic rings. The van der Waals surface area contributed by atoms with Crippen molar-refractivity contribution in [2.45, 2.75) is 46.3 Å². The number of sulfonamides is 1. The van der Waals surface area contributed by atoms with Crippen LogP contribution in [-0.4, -0.2) is 51.4 Å². The zero-order valence-corrected chi connectivity index (χ0v) is 20.4. The number of rotatable bonds is 3. The van der Waals surface area contributed by atoms with Crippen LogP contribution in [0.5, 0.6) is 0 Å². The molecule has 0 saturated carbocycles. The second-order valence-corrected chi connectivity index (χ2v) is 10.9. The molecule has 4 rings (SSSR count). The summed E-state index contributed by atoms with van der Waals surface area (Å²) in [5.74, 6) is -0.789. The van der Waals surface area contributed by atoms with Crippen molar-refractivity contribution in [3.63, 3.8) is 0 Å². The van der Waals surface area contributed by atoms with Gasteiger partial charge in [-0.05, 0) is 62.6 Å². The van der Waals surface area contributed by atoms with Crippen molar-refractivity contribution in [2.75, 3.05) is 32.9 Å². The van der Waals surface area contributed by atoms with Gasteiger partial charge >= 0.3 is 6.09 Å². The molecule has 0 aromatic heterocycles. The second-order valence-electron chi connectivity index (χ2n) is 8.89. The van der Waals surface area contributed by atoms with Crippen LogP contribution in [0.2, 0.25) is 0 Å². The molecule has 8 nitrogen and oxygen atoms in total. The highest BCUT2D eigenvalue weighted by molar-refractivity contribution is 7.93. The standard InChI is InChI=1S/C24H28FN3O5S/c1-15(2)33-24(30)26-14-16(3)28(17(4)29)22-9-7-19(13-23(22)26)18-6-8-21(20(25)12-18)27-10-5-11-34(27,31)32/h6-9,12-13,15-16H,5,10-11,14H2,1-4H3. The minimum Gasteiger partial charge on any atom is -0.446 e. The average molecular weight is 490 g/mol. The van der Waals surface area contributed by atoms with Gasteiger partial charge in [-0.15, -0.1) is 0 Å². The molecule has 2 heterocycles. The predicted octanol–water partition coefficient (Wildman–Crippen LogP) is 4.14. The van der Waals surface area contributed by atoms with Gasteiger partial charge in [0.05, 0.1) is 35.0 Å². The van der Waals surface area contributed by atoms with Crippen molar-refractivity contribution in [3.8, 4) is 11.1 Å². The van der Waals surface area contributed by atoms with Crippen molar-refractivity contribution in [3.05, 3.63) is 42.2 Å². The Balaban J connectivity index is 1.76. The summed E-state index contributed by atoms with van der Waals surface area (Å²) in [6, 6.07) is 9.35. The summed E-state index contributed by atoms with van der Waals surface area (Å²) in [6.45, 7) is 7.35. The molecule has 0 radical (unpaired) electrons. The summed E-state index contributed by atoms with van der Waals surface area (Å²) < 4.78 is 45.9. The number of halogens is 1. The molecule has 0 spiro atoms. The maximum Gasteiger partial charge on any atom is 0.414 e. The molecule has 0 N–H and O–H groups in total. The van der Waals surface area contributed by atoms with Crippen LogP contribution < -0.4 is 14.1 Å². The molecule has 0 bridgehead atoms. The SMILES string of the molecule is CC(=O)N1c2ccc(-c3ccc(N4CCCS4(=O)=O)c(F)c3)cc2N(C(=O)OC(C)C)CC1C. The fourth-order valence-corrected chi connectivity index (χ4v) is 6.09. The number of carbonyl (C=O) groups excluding carboxylic acids is 2. The summed E-state index contributed by atoms with van der Waals surface area (Å²) >= 11 is 0. The number of amides is 2. The lowest BCUT2D eigenvalue weighted by Crippen LogP contribution is -2.51. The van der Waals surface area contributed by atoms with Crippen molar-refractivity contribution in [1.29, 1.82) is 0 Å². The van der Waals surface area contributed by atoms with Crippen molar-refractivity contribution >= 4 is 39.1 Å². The van der Waals surface area contributed by atoms with E-state index in [0.29, 0.717) is 28.9 Å². The summed E-state index contributed by atoms with van der Waals surface area (Å²) in [5.41, 5.74) is 2.22. The summed E-state index contributed by atoms with van der Waals surface area (Å²) in [6.07, 6.45) is -0.380. The fourth-order valence-electron chi connectivity index (χ4n) is 4.52. The van der Waals surface area contributed by atoms with E-state index in [-0.39, 0.29) is 42.6 Å². The van der Waals surface area contributed by atoms with Crippen LogP contribution in [0.15, 0.2) is 36.4 Å². The maximum atomic E-state index is 15.0. The van der Waals surface area contributed by atoms with E-state index in [4.69, 9.17) is 4.74 Å². The number of nitrogens with zero attached hydrogens (tertiary/aromatic N) is 3. The Morgan fingerprint density at radius 1 is 1.06 bits per heavy atom. The normalized spacial score (nSPS) is 19.4. The number of anilines is 3. The molecule has 2 aliphatic rings. The molecule has 182 valence electrons. The van der Waals surface area contributed by atoms with E-state index in [9.17, 15) is 22.4 Å². The lowest BCUT2D eigenvalue weighted by atomic mass is 10.0. The van der Waals surface area contributed by atoms with Crippen LogP contribution in [0.25, 0.3) is 11.1 Å². The fraction of sp³-hybridized carbons (Fsp3) is 0.417. The first-order valence-electron chi connectivity index (χ1n) is 11.2. The number of fused-ring (bicyclic) bond motifs is 1. The molecular formula is C24H28FN3O5S. The van der Waals surface area contributed by atoms with Crippen molar-refractivity contribution < 1.29 is 27.1 Å². The Kier molecular flexibility index (Phi) is 6.28. The minimum atomic E-state index is -3.50. The topological polar surface area (TPSA) is 87.2 Å². The van der Waals surface area contributed by atoms with E-state index < -0.39 is 21.9 Å². The third kappa shape index (κ3) is 4.34. The molecule has 34 heavy (non-hydrogen) atoms. The largest absolute Gasteiger partial charge is 0.446 e. The third-order valence-electron chi connectivity index (χ3n) is 5.96. The van der Waals surface area contributed by atoms with E-state index in [2.05, 4.69) is 0 Å². The molecule has 2 aliphatic heterocycles. The second kappa shape index (κ2) is 8.90. The van der Waals surface area contributed by atoms with Gasteiger partial charge in [0.25, 0.3) is 0 Å². The summed E-state index contributed by atoms with van der Waals surface area (Å²) in [5, 5.41) is 0. The lowest BCUT2D eigenvalue weighted by Gasteiger charge is -2.40. The Labute approximate surface area is 198 Å². The van der Waals surface area contributed by atoms with Gasteiger partial charge in [-0.1, -0.05) is 12.1 Å². The summed E-state index contributed by atoms with van der Waals surface area (Å²) in [4.78, 5) is 28.3. The zero-order valence-electron chi connectivity index (χ0n) is 19.6. The van der Waals surface area contributed by atoms with Crippen molar-refractivity contribution in [1.82, 2.24) is 0 Å². The van der Waals surface area contributed by atoms with Gasteiger partial charge in [0.15, 0.2) is 0 Å². The number of ether oxygens (including phenoxy) is 1. The smallest absolute Gasteiger partial charge is 0.414 e. The average Bonchev–Trinajstić information content (AvgIpc) is 3.10. The molecular weight excluding hydrogens is 461 g/mol. The first kappa shape index (κ1) is 24.0. The van der Waals surface area contributed by atoms with E-state index in [1.807, 2.05) is 6.92 Å². The third-order valence-corrected chi connectivity index (χ3v) is 7.81. The van der Waals surface area contributed by atoms with E-state index in [0.717, 1.165) is 4.31 Å². The first-order valence-corrected chi connectivity index (χ1v) is 12.8. The molecule has 1 atom stereocenters. The van der Waals surface area contributed by atoms with Gasteiger partial charge in [-0.2, -0.15) is 0 Å². The number of hydrogen-bond acceptors (Lipinski definition) is 5. The predicted molar refractivity (Wildman–Crippen MR) is 129 cm³/mol. The monoisotopic (exact) mass is 489 g/mol. The van der Waals surface area contributed by atoms with Crippen molar-refractivity contribution in [2.24, 2.45) is 0 Å². The molecule has 10 heteroatoms. The quantitative estimate of drug-likeness (QED) is 0.647. The van der Waals surface area contributed by atoms with Crippen LogP contribution in [0.1, 0.15) is 34.1 Å². The molecule has 1 fully saturated rings. The van der Waals surface area contributed by atoms with Gasteiger partial charge in [-0.25, -0.2) is 17.6 Å². The Hall–Kier alpha value is -3.14. The number of hydrogen-bond donors (Lipinski definition) is 0. The minimum absolute atomic E-state index is 0.00635. The number of benzene rings is 2. The highest BCUT2D eigenvalue weighted by Gasteiger charge is 2.35. The van der Waals surface area contributed by atoms with Gasteiger partial charge in [0.2, 0.25) is 15.9 Å². The maximum absolute atomic E-state index is 15.0. The van der Waals surface area contributed by atoms with Crippen LogP contribution in [0.4, 0.5) is 26.2 Å². The van der Waals surface area contributed by atoms with E-state index >= 15 is 0 Å². The number of carbonyl (C=O) groups is 2. The Morgan fingerprint density at radius 2 is 1.71 bits per heavy atom. The van der Waals surface area contributed by atoms with E-state index in [1.165, 1.54) is 24.0 Å². The Morgan fingerprint density at radius 3 is 2.26 bits per heavy atom.